The average Bonchev–Trinajstić information content (AvgIpc) is 2.74. The molecular formula is C22H20BrI2N3O4. The topological polar surface area (TPSA) is 82.8 Å². The van der Waals surface area contributed by atoms with Crippen LogP contribution in [0.5, 0.6) is 5.75 Å². The highest BCUT2D eigenvalue weighted by atomic mass is 127. The molecule has 0 N–H and O–H groups in total. The number of carbonyl (C=O) groups is 1. The van der Waals surface area contributed by atoms with Gasteiger partial charge in [-0.25, -0.2) is 9.78 Å². The molecule has 32 heavy (non-hydrogen) atoms. The monoisotopic (exact) mass is 723 g/mol. The van der Waals surface area contributed by atoms with Crippen molar-refractivity contribution >= 4 is 84.2 Å². The van der Waals surface area contributed by atoms with Crippen molar-refractivity contribution in [2.45, 2.75) is 26.7 Å². The van der Waals surface area contributed by atoms with Gasteiger partial charge < -0.3 is 9.47 Å². The number of carbonyl (C=O) groups excluding carboxylic acids is 1. The third-order valence-electron chi connectivity index (χ3n) is 4.33. The lowest BCUT2D eigenvalue weighted by molar-refractivity contribution is -0.145. The van der Waals surface area contributed by atoms with E-state index in [9.17, 15) is 9.59 Å². The molecule has 0 radical (unpaired) electrons. The van der Waals surface area contributed by atoms with Crippen molar-refractivity contribution in [1.29, 1.82) is 0 Å². The highest BCUT2D eigenvalue weighted by molar-refractivity contribution is 14.1. The first-order valence-electron chi connectivity index (χ1n) is 9.87. The van der Waals surface area contributed by atoms with Gasteiger partial charge in [0, 0.05) is 10.9 Å². The van der Waals surface area contributed by atoms with E-state index in [0.29, 0.717) is 35.5 Å². The molecule has 2 aromatic carbocycles. The first-order valence-corrected chi connectivity index (χ1v) is 12.8. The predicted molar refractivity (Wildman–Crippen MR) is 145 cm³/mol. The largest absolute Gasteiger partial charge is 0.480 e. The molecule has 3 rings (SSSR count). The fraction of sp³-hybridized carbons (Fsp3) is 0.273. The summed E-state index contributed by atoms with van der Waals surface area (Å²) in [5, 5.41) is 4.97. The SMILES string of the molecule is CCCc1nc2ccc(Br)cc2c(=O)n1N=Cc1cc(I)c(OCC(=O)OCC)c(I)c1. The van der Waals surface area contributed by atoms with Crippen LogP contribution in [-0.2, 0) is 16.0 Å². The van der Waals surface area contributed by atoms with Gasteiger partial charge in [-0.2, -0.15) is 9.78 Å². The van der Waals surface area contributed by atoms with E-state index >= 15 is 0 Å². The lowest BCUT2D eigenvalue weighted by Crippen LogP contribution is -2.22. The van der Waals surface area contributed by atoms with Crippen LogP contribution in [0.1, 0.15) is 31.7 Å². The summed E-state index contributed by atoms with van der Waals surface area (Å²) in [4.78, 5) is 29.3. The minimum absolute atomic E-state index is 0.151. The highest BCUT2D eigenvalue weighted by Gasteiger charge is 2.13. The normalized spacial score (nSPS) is 11.3. The molecule has 1 heterocycles. The second kappa shape index (κ2) is 11.5. The molecule has 0 unspecified atom stereocenters. The van der Waals surface area contributed by atoms with Gasteiger partial charge in [0.2, 0.25) is 0 Å². The number of esters is 1. The lowest BCUT2D eigenvalue weighted by Gasteiger charge is -2.11. The number of halogens is 3. The molecule has 168 valence electrons. The van der Waals surface area contributed by atoms with Gasteiger partial charge in [-0.3, -0.25) is 4.79 Å². The Hall–Kier alpha value is -1.54. The summed E-state index contributed by atoms with van der Waals surface area (Å²) in [5.41, 5.74) is 1.24. The Morgan fingerprint density at radius 3 is 2.59 bits per heavy atom. The minimum atomic E-state index is -0.414. The number of ether oxygens (including phenoxy) is 2. The number of fused-ring (bicyclic) bond motifs is 1. The summed E-state index contributed by atoms with van der Waals surface area (Å²) in [6.07, 6.45) is 3.10. The van der Waals surface area contributed by atoms with E-state index in [2.05, 4.69) is 71.2 Å². The van der Waals surface area contributed by atoms with E-state index in [1.165, 1.54) is 4.68 Å². The standard InChI is InChI=1S/C22H20BrI2N3O4/c1-3-5-19-27-18-7-6-14(23)10-15(18)22(30)28(19)26-11-13-8-16(24)21(17(25)9-13)32-12-20(29)31-4-2/h6-11H,3-5,12H2,1-2H3. The van der Waals surface area contributed by atoms with Crippen molar-refractivity contribution < 1.29 is 14.3 Å². The number of benzene rings is 2. The number of aromatic nitrogens is 2. The van der Waals surface area contributed by atoms with Gasteiger partial charge in [-0.15, -0.1) is 0 Å². The van der Waals surface area contributed by atoms with Gasteiger partial charge in [-0.1, -0.05) is 22.9 Å². The van der Waals surface area contributed by atoms with Crippen LogP contribution in [0, 0.1) is 7.14 Å². The molecule has 0 fully saturated rings. The lowest BCUT2D eigenvalue weighted by atomic mass is 10.2. The van der Waals surface area contributed by atoms with E-state index in [-0.39, 0.29) is 12.2 Å². The van der Waals surface area contributed by atoms with Gasteiger partial charge in [0.25, 0.3) is 5.56 Å². The molecular weight excluding hydrogens is 704 g/mol. The summed E-state index contributed by atoms with van der Waals surface area (Å²) in [7, 11) is 0. The fourth-order valence-corrected chi connectivity index (χ4v) is 5.44. The molecule has 0 saturated heterocycles. The van der Waals surface area contributed by atoms with Crippen molar-refractivity contribution in [2.24, 2.45) is 5.10 Å². The Morgan fingerprint density at radius 2 is 1.94 bits per heavy atom. The quantitative estimate of drug-likeness (QED) is 0.183. The molecule has 0 saturated carbocycles. The number of aryl methyl sites for hydroxylation is 1. The van der Waals surface area contributed by atoms with Crippen LogP contribution in [0.3, 0.4) is 0 Å². The van der Waals surface area contributed by atoms with Crippen LogP contribution in [0.2, 0.25) is 0 Å². The molecule has 0 aliphatic heterocycles. The Bertz CT molecular complexity index is 1220. The molecule has 0 bridgehead atoms. The Balaban J connectivity index is 1.95. The number of hydrogen-bond donors (Lipinski definition) is 0. The predicted octanol–water partition coefficient (Wildman–Crippen LogP) is 5.14. The Labute approximate surface area is 221 Å². The van der Waals surface area contributed by atoms with Crippen molar-refractivity contribution in [3.8, 4) is 5.75 Å². The highest BCUT2D eigenvalue weighted by Crippen LogP contribution is 2.28. The van der Waals surface area contributed by atoms with Crippen molar-refractivity contribution in [1.82, 2.24) is 9.66 Å². The van der Waals surface area contributed by atoms with Crippen LogP contribution >= 0.6 is 61.1 Å². The van der Waals surface area contributed by atoms with Gasteiger partial charge in [0.15, 0.2) is 6.61 Å². The smallest absolute Gasteiger partial charge is 0.344 e. The van der Waals surface area contributed by atoms with Gasteiger partial charge in [-0.05, 0) is 94.4 Å². The van der Waals surface area contributed by atoms with Crippen LogP contribution in [0.15, 0.2) is 44.7 Å². The second-order valence-corrected chi connectivity index (χ2v) is 9.95. The molecule has 0 spiro atoms. The summed E-state index contributed by atoms with van der Waals surface area (Å²) < 4.78 is 14.3. The molecule has 1 aromatic heterocycles. The van der Waals surface area contributed by atoms with E-state index in [4.69, 9.17) is 9.47 Å². The zero-order chi connectivity index (χ0) is 23.3. The molecule has 7 nitrogen and oxygen atoms in total. The minimum Gasteiger partial charge on any atom is -0.480 e. The third kappa shape index (κ3) is 6.07. The summed E-state index contributed by atoms with van der Waals surface area (Å²) in [5.74, 6) is 0.808. The zero-order valence-corrected chi connectivity index (χ0v) is 23.3. The van der Waals surface area contributed by atoms with E-state index in [1.807, 2.05) is 31.2 Å². The van der Waals surface area contributed by atoms with Crippen molar-refractivity contribution in [2.75, 3.05) is 13.2 Å². The second-order valence-electron chi connectivity index (χ2n) is 6.71. The zero-order valence-electron chi connectivity index (χ0n) is 17.4. The van der Waals surface area contributed by atoms with Gasteiger partial charge in [0.05, 0.1) is 30.9 Å². The van der Waals surface area contributed by atoms with Gasteiger partial charge in [0.1, 0.15) is 11.6 Å². The molecule has 0 amide bonds. The van der Waals surface area contributed by atoms with E-state index < -0.39 is 5.97 Å². The molecule has 0 aliphatic rings. The van der Waals surface area contributed by atoms with Crippen LogP contribution in [0.4, 0.5) is 0 Å². The average molecular weight is 724 g/mol. The maximum Gasteiger partial charge on any atom is 0.344 e. The maximum absolute atomic E-state index is 13.1. The number of rotatable bonds is 8. The summed E-state index contributed by atoms with van der Waals surface area (Å²) >= 11 is 7.70. The fourth-order valence-electron chi connectivity index (χ4n) is 2.95. The first kappa shape index (κ1) is 25.1. The van der Waals surface area contributed by atoms with Gasteiger partial charge >= 0.3 is 5.97 Å². The van der Waals surface area contributed by atoms with Crippen LogP contribution in [0.25, 0.3) is 10.9 Å². The molecule has 3 aromatic rings. The number of nitrogens with zero attached hydrogens (tertiary/aromatic N) is 3. The first-order chi connectivity index (χ1) is 15.3. The van der Waals surface area contributed by atoms with Crippen LogP contribution < -0.4 is 10.3 Å². The van der Waals surface area contributed by atoms with Crippen molar-refractivity contribution in [3.05, 3.63) is 63.7 Å². The molecule has 0 atom stereocenters. The molecule has 0 aliphatic carbocycles. The summed E-state index contributed by atoms with van der Waals surface area (Å²) in [6.45, 7) is 3.94. The van der Waals surface area contributed by atoms with E-state index in [0.717, 1.165) is 23.6 Å². The van der Waals surface area contributed by atoms with Crippen molar-refractivity contribution in [3.63, 3.8) is 0 Å². The Kier molecular flexibility index (Phi) is 9.05. The Morgan fingerprint density at radius 1 is 1.22 bits per heavy atom. The molecule has 10 heteroatoms. The van der Waals surface area contributed by atoms with E-state index in [1.54, 1.807) is 19.2 Å². The third-order valence-corrected chi connectivity index (χ3v) is 6.43. The maximum atomic E-state index is 13.1. The number of hydrogen-bond acceptors (Lipinski definition) is 6. The summed E-state index contributed by atoms with van der Waals surface area (Å²) in [6, 6.07) is 9.21. The van der Waals surface area contributed by atoms with Crippen LogP contribution in [-0.4, -0.2) is 35.1 Å².